The summed E-state index contributed by atoms with van der Waals surface area (Å²) in [6.45, 7) is 1.69. The highest BCUT2D eigenvalue weighted by molar-refractivity contribution is 7.91. The summed E-state index contributed by atoms with van der Waals surface area (Å²) in [6.07, 6.45) is 0. The Labute approximate surface area is 186 Å². The van der Waals surface area contributed by atoms with Gasteiger partial charge < -0.3 is 5.11 Å². The third-order valence-corrected chi connectivity index (χ3v) is 6.20. The van der Waals surface area contributed by atoms with Crippen LogP contribution in [-0.2, 0) is 15.8 Å². The van der Waals surface area contributed by atoms with Crippen LogP contribution in [0.5, 0.6) is 0 Å². The van der Waals surface area contributed by atoms with E-state index >= 15 is 0 Å². The molecule has 162 valence electrons. The highest BCUT2D eigenvalue weighted by Gasteiger charge is 2.23. The van der Waals surface area contributed by atoms with E-state index in [0.717, 1.165) is 5.69 Å². The number of para-hydroxylation sites is 1. The largest absolute Gasteiger partial charge is 0.478 e. The minimum absolute atomic E-state index is 0.0677. The van der Waals surface area contributed by atoms with Crippen molar-refractivity contribution in [2.45, 2.75) is 12.7 Å². The van der Waals surface area contributed by atoms with Crippen molar-refractivity contribution >= 4 is 21.7 Å². The highest BCUT2D eigenvalue weighted by Crippen LogP contribution is 2.29. The number of benzene rings is 3. The lowest BCUT2D eigenvalue weighted by Crippen LogP contribution is -2.15. The first-order valence-electron chi connectivity index (χ1n) is 9.87. The number of carboxylic acids is 1. The number of carbonyl (C=O) groups is 1. The third-order valence-electron chi connectivity index (χ3n) is 4.94. The molecule has 8 heteroatoms. The fourth-order valence-corrected chi connectivity index (χ4v) is 4.71. The summed E-state index contributed by atoms with van der Waals surface area (Å²) in [5.74, 6) is -1.27. The molecule has 0 saturated heterocycles. The molecule has 0 aliphatic heterocycles. The van der Waals surface area contributed by atoms with E-state index < -0.39 is 16.0 Å². The van der Waals surface area contributed by atoms with Crippen molar-refractivity contribution < 1.29 is 18.3 Å². The van der Waals surface area contributed by atoms with Gasteiger partial charge in [0.1, 0.15) is 11.3 Å². The summed E-state index contributed by atoms with van der Waals surface area (Å²) >= 11 is 0. The van der Waals surface area contributed by atoms with Gasteiger partial charge in [-0.2, -0.15) is 5.10 Å². The normalized spacial score (nSPS) is 11.3. The fourth-order valence-electron chi connectivity index (χ4n) is 3.52. The first-order chi connectivity index (χ1) is 15.3. The van der Waals surface area contributed by atoms with E-state index in [1.54, 1.807) is 60.1 Å². The van der Waals surface area contributed by atoms with Crippen LogP contribution < -0.4 is 4.72 Å². The monoisotopic (exact) mass is 447 g/mol. The Morgan fingerprint density at radius 2 is 1.62 bits per heavy atom. The SMILES string of the molecule is Cc1c(C(=O)O)c(-c2cccc(NS(=O)(=O)Cc3ccccc3)c2)nn1-c1ccccc1. The van der Waals surface area contributed by atoms with Crippen LogP contribution in [0, 0.1) is 6.92 Å². The van der Waals surface area contributed by atoms with Gasteiger partial charge >= 0.3 is 5.97 Å². The lowest BCUT2D eigenvalue weighted by atomic mass is 10.1. The first-order valence-corrected chi connectivity index (χ1v) is 11.5. The van der Waals surface area contributed by atoms with Gasteiger partial charge in [-0.1, -0.05) is 60.7 Å². The number of hydrogen-bond donors (Lipinski definition) is 2. The number of aromatic nitrogens is 2. The quantitative estimate of drug-likeness (QED) is 0.435. The first kappa shape index (κ1) is 21.3. The minimum Gasteiger partial charge on any atom is -0.478 e. The number of carboxylic acid groups (broad SMARTS) is 1. The van der Waals surface area contributed by atoms with Gasteiger partial charge in [0.25, 0.3) is 0 Å². The summed E-state index contributed by atoms with van der Waals surface area (Å²) in [7, 11) is -3.65. The molecule has 0 radical (unpaired) electrons. The number of hydrogen-bond acceptors (Lipinski definition) is 4. The van der Waals surface area contributed by atoms with Crippen LogP contribution in [0.4, 0.5) is 5.69 Å². The van der Waals surface area contributed by atoms with Crippen LogP contribution in [0.25, 0.3) is 16.9 Å². The van der Waals surface area contributed by atoms with Crippen molar-refractivity contribution in [2.75, 3.05) is 4.72 Å². The molecular formula is C24H21N3O4S. The molecule has 0 amide bonds. The van der Waals surface area contributed by atoms with E-state index in [1.807, 2.05) is 36.4 Å². The van der Waals surface area contributed by atoms with Crippen LogP contribution >= 0.6 is 0 Å². The lowest BCUT2D eigenvalue weighted by molar-refractivity contribution is 0.0697. The molecule has 0 atom stereocenters. The lowest BCUT2D eigenvalue weighted by Gasteiger charge is -2.09. The number of nitrogens with zero attached hydrogens (tertiary/aromatic N) is 2. The third kappa shape index (κ3) is 4.55. The predicted octanol–water partition coefficient (Wildman–Crippen LogP) is 4.49. The Kier molecular flexibility index (Phi) is 5.79. The van der Waals surface area contributed by atoms with E-state index in [4.69, 9.17) is 0 Å². The molecule has 0 bridgehead atoms. The number of anilines is 1. The van der Waals surface area contributed by atoms with Gasteiger partial charge in [0.15, 0.2) is 0 Å². The average molecular weight is 448 g/mol. The topological polar surface area (TPSA) is 101 Å². The standard InChI is InChI=1S/C24H21N3O4S/c1-17-22(24(28)29)23(25-27(17)21-13-6-3-7-14-21)19-11-8-12-20(15-19)26-32(30,31)16-18-9-4-2-5-10-18/h2-15,26H,16H2,1H3,(H,28,29). The molecule has 0 fully saturated rings. The maximum absolute atomic E-state index is 12.6. The molecule has 4 rings (SSSR count). The van der Waals surface area contributed by atoms with Crippen molar-refractivity contribution in [3.63, 3.8) is 0 Å². The molecule has 1 heterocycles. The molecule has 7 nitrogen and oxygen atoms in total. The molecular weight excluding hydrogens is 426 g/mol. The minimum atomic E-state index is -3.65. The van der Waals surface area contributed by atoms with Gasteiger partial charge in [-0.05, 0) is 36.8 Å². The van der Waals surface area contributed by atoms with E-state index in [9.17, 15) is 18.3 Å². The zero-order valence-electron chi connectivity index (χ0n) is 17.3. The molecule has 0 aliphatic rings. The second kappa shape index (κ2) is 8.68. The van der Waals surface area contributed by atoms with Gasteiger partial charge in [0, 0.05) is 11.3 Å². The van der Waals surface area contributed by atoms with Gasteiger partial charge in [-0.3, -0.25) is 4.72 Å². The Balaban J connectivity index is 1.70. The molecule has 0 unspecified atom stereocenters. The van der Waals surface area contributed by atoms with E-state index in [2.05, 4.69) is 9.82 Å². The second-order valence-electron chi connectivity index (χ2n) is 7.29. The molecule has 1 aromatic heterocycles. The van der Waals surface area contributed by atoms with Crippen LogP contribution in [0.3, 0.4) is 0 Å². The summed E-state index contributed by atoms with van der Waals surface area (Å²) in [6, 6.07) is 24.7. The van der Waals surface area contributed by atoms with Gasteiger partial charge in [0.05, 0.1) is 17.1 Å². The number of aromatic carboxylic acids is 1. The molecule has 0 spiro atoms. The highest BCUT2D eigenvalue weighted by atomic mass is 32.2. The second-order valence-corrected chi connectivity index (χ2v) is 9.01. The van der Waals surface area contributed by atoms with Crippen molar-refractivity contribution in [1.82, 2.24) is 9.78 Å². The van der Waals surface area contributed by atoms with Gasteiger partial charge in [-0.25, -0.2) is 17.9 Å². The van der Waals surface area contributed by atoms with Crippen LogP contribution in [0.2, 0.25) is 0 Å². The Bertz CT molecular complexity index is 1370. The number of nitrogens with one attached hydrogen (secondary N) is 1. The van der Waals surface area contributed by atoms with Crippen molar-refractivity contribution in [3.05, 3.63) is 102 Å². The van der Waals surface area contributed by atoms with E-state index in [1.165, 1.54) is 0 Å². The summed E-state index contributed by atoms with van der Waals surface area (Å²) < 4.78 is 29.4. The Hall–Kier alpha value is -3.91. The molecule has 2 N–H and O–H groups in total. The zero-order valence-corrected chi connectivity index (χ0v) is 18.1. The van der Waals surface area contributed by atoms with E-state index in [-0.39, 0.29) is 17.0 Å². The number of sulfonamides is 1. The molecule has 32 heavy (non-hydrogen) atoms. The van der Waals surface area contributed by atoms with Gasteiger partial charge in [0.2, 0.25) is 10.0 Å². The van der Waals surface area contributed by atoms with Crippen molar-refractivity contribution in [1.29, 1.82) is 0 Å². The predicted molar refractivity (Wildman–Crippen MR) is 123 cm³/mol. The molecule has 3 aromatic carbocycles. The fraction of sp³-hybridized carbons (Fsp3) is 0.0833. The number of rotatable bonds is 7. The summed E-state index contributed by atoms with van der Waals surface area (Å²) in [4.78, 5) is 12.0. The van der Waals surface area contributed by atoms with Gasteiger partial charge in [-0.15, -0.1) is 0 Å². The zero-order chi connectivity index (χ0) is 22.7. The Morgan fingerprint density at radius 3 is 2.28 bits per heavy atom. The van der Waals surface area contributed by atoms with Crippen molar-refractivity contribution in [3.8, 4) is 16.9 Å². The van der Waals surface area contributed by atoms with Crippen molar-refractivity contribution in [2.24, 2.45) is 0 Å². The molecule has 0 saturated carbocycles. The Morgan fingerprint density at radius 1 is 0.969 bits per heavy atom. The summed E-state index contributed by atoms with van der Waals surface area (Å²) in [5, 5.41) is 14.4. The summed E-state index contributed by atoms with van der Waals surface area (Å²) in [5.41, 5.74) is 3.05. The maximum Gasteiger partial charge on any atom is 0.339 e. The van der Waals surface area contributed by atoms with E-state index in [0.29, 0.717) is 22.5 Å². The van der Waals surface area contributed by atoms with Crippen LogP contribution in [0.15, 0.2) is 84.9 Å². The van der Waals surface area contributed by atoms with Crippen LogP contribution in [-0.4, -0.2) is 29.3 Å². The molecule has 0 aliphatic carbocycles. The van der Waals surface area contributed by atoms with Crippen LogP contribution in [0.1, 0.15) is 21.6 Å². The molecule has 4 aromatic rings. The maximum atomic E-state index is 12.6. The average Bonchev–Trinajstić information content (AvgIpc) is 3.12. The smallest absolute Gasteiger partial charge is 0.339 e.